The van der Waals surface area contributed by atoms with Crippen LogP contribution in [0.25, 0.3) is 11.3 Å². The van der Waals surface area contributed by atoms with Gasteiger partial charge >= 0.3 is 0 Å². The first-order valence-electron chi connectivity index (χ1n) is 8.09. The van der Waals surface area contributed by atoms with Crippen LogP contribution in [0.5, 0.6) is 0 Å². The van der Waals surface area contributed by atoms with Crippen molar-refractivity contribution in [1.82, 2.24) is 9.88 Å². The summed E-state index contributed by atoms with van der Waals surface area (Å²) in [5, 5.41) is 3.31. The van der Waals surface area contributed by atoms with Crippen molar-refractivity contribution in [2.75, 3.05) is 6.54 Å². The van der Waals surface area contributed by atoms with Crippen LogP contribution in [0, 0.1) is 13.8 Å². The van der Waals surface area contributed by atoms with E-state index >= 15 is 0 Å². The third-order valence-electron chi connectivity index (χ3n) is 3.98. The van der Waals surface area contributed by atoms with E-state index in [1.54, 1.807) is 0 Å². The molecule has 0 saturated carbocycles. The van der Waals surface area contributed by atoms with Crippen LogP contribution in [0.4, 0.5) is 0 Å². The molecule has 1 aromatic heterocycles. The molecule has 0 aliphatic rings. The van der Waals surface area contributed by atoms with E-state index in [-0.39, 0.29) is 5.56 Å². The van der Waals surface area contributed by atoms with Crippen LogP contribution in [0.3, 0.4) is 0 Å². The molecular weight excluding hydrogens is 272 g/mol. The van der Waals surface area contributed by atoms with E-state index in [9.17, 15) is 4.79 Å². The lowest BCUT2D eigenvalue weighted by Gasteiger charge is -2.15. The minimum absolute atomic E-state index is 0.115. The van der Waals surface area contributed by atoms with Gasteiger partial charge in [0.1, 0.15) is 0 Å². The summed E-state index contributed by atoms with van der Waals surface area (Å²) in [5.41, 5.74) is 5.52. The molecule has 0 spiro atoms. The number of nitrogens with zero attached hydrogens (tertiary/aromatic N) is 1. The summed E-state index contributed by atoms with van der Waals surface area (Å²) in [5.74, 6) is 0. The third kappa shape index (κ3) is 3.47. The highest BCUT2D eigenvalue weighted by Crippen LogP contribution is 2.24. The molecular formula is C19H26N2O. The molecule has 22 heavy (non-hydrogen) atoms. The molecule has 0 atom stereocenters. The Morgan fingerprint density at radius 2 is 1.86 bits per heavy atom. The predicted octanol–water partition coefficient (Wildman–Crippen LogP) is 3.65. The maximum atomic E-state index is 12.7. The quantitative estimate of drug-likeness (QED) is 0.826. The number of hydrogen-bond acceptors (Lipinski definition) is 2. The first-order chi connectivity index (χ1) is 10.6. The Balaban J connectivity index is 2.47. The first kappa shape index (κ1) is 16.5. The normalized spacial score (nSPS) is 10.9. The zero-order chi connectivity index (χ0) is 16.1. The van der Waals surface area contributed by atoms with Crippen LogP contribution in [0.15, 0.2) is 35.1 Å². The zero-order valence-corrected chi connectivity index (χ0v) is 14.1. The van der Waals surface area contributed by atoms with E-state index in [1.807, 2.05) is 17.6 Å². The predicted molar refractivity (Wildman–Crippen MR) is 93.3 cm³/mol. The van der Waals surface area contributed by atoms with Crippen molar-refractivity contribution >= 4 is 0 Å². The second kappa shape index (κ2) is 7.41. The van der Waals surface area contributed by atoms with Crippen molar-refractivity contribution in [3.8, 4) is 11.3 Å². The van der Waals surface area contributed by atoms with Gasteiger partial charge in [-0.15, -0.1) is 0 Å². The van der Waals surface area contributed by atoms with Gasteiger partial charge in [0.2, 0.25) is 0 Å². The summed E-state index contributed by atoms with van der Waals surface area (Å²) in [7, 11) is 0. The smallest absolute Gasteiger partial charge is 0.255 e. The van der Waals surface area contributed by atoms with Crippen molar-refractivity contribution in [2.24, 2.45) is 0 Å². The molecule has 3 heteroatoms. The van der Waals surface area contributed by atoms with Crippen LogP contribution >= 0.6 is 0 Å². The van der Waals surface area contributed by atoms with Gasteiger partial charge in [-0.25, -0.2) is 0 Å². The highest BCUT2D eigenvalue weighted by Gasteiger charge is 2.11. The molecule has 0 unspecified atom stereocenters. The largest absolute Gasteiger partial charge is 0.312 e. The zero-order valence-electron chi connectivity index (χ0n) is 14.1. The second-order valence-electron chi connectivity index (χ2n) is 5.79. The number of rotatable bonds is 6. The van der Waals surface area contributed by atoms with Crippen molar-refractivity contribution in [3.05, 3.63) is 57.4 Å². The Labute approximate surface area is 133 Å². The number of nitrogens with one attached hydrogen (secondary N) is 1. The fraction of sp³-hybridized carbons (Fsp3) is 0.421. The summed E-state index contributed by atoms with van der Waals surface area (Å²) in [6.07, 6.45) is 1.07. The Hall–Kier alpha value is -1.87. The number of aromatic nitrogens is 1. The molecule has 1 aromatic carbocycles. The second-order valence-corrected chi connectivity index (χ2v) is 5.79. The molecule has 0 bridgehead atoms. The Kier molecular flexibility index (Phi) is 5.56. The van der Waals surface area contributed by atoms with Crippen molar-refractivity contribution < 1.29 is 0 Å². The van der Waals surface area contributed by atoms with Crippen molar-refractivity contribution in [1.29, 1.82) is 0 Å². The van der Waals surface area contributed by atoms with Gasteiger partial charge in [-0.1, -0.05) is 30.7 Å². The highest BCUT2D eigenvalue weighted by atomic mass is 16.1. The summed E-state index contributed by atoms with van der Waals surface area (Å²) in [4.78, 5) is 12.7. The molecule has 0 fully saturated rings. The van der Waals surface area contributed by atoms with Gasteiger partial charge in [0.25, 0.3) is 5.56 Å². The van der Waals surface area contributed by atoms with Crippen LogP contribution in [0.2, 0.25) is 0 Å². The van der Waals surface area contributed by atoms with E-state index < -0.39 is 0 Å². The average molecular weight is 298 g/mol. The minimum Gasteiger partial charge on any atom is -0.312 e. The van der Waals surface area contributed by atoms with Gasteiger partial charge < -0.3 is 9.88 Å². The minimum atomic E-state index is 0.115. The summed E-state index contributed by atoms with van der Waals surface area (Å²) >= 11 is 0. The van der Waals surface area contributed by atoms with Gasteiger partial charge in [0.05, 0.1) is 5.69 Å². The molecule has 0 aliphatic carbocycles. The molecule has 118 valence electrons. The Morgan fingerprint density at radius 3 is 2.55 bits per heavy atom. The average Bonchev–Trinajstić information content (AvgIpc) is 2.51. The van der Waals surface area contributed by atoms with Gasteiger partial charge in [-0.2, -0.15) is 0 Å². The molecule has 2 rings (SSSR count). The molecule has 0 amide bonds. The monoisotopic (exact) mass is 298 g/mol. The number of aryl methyl sites for hydroxylation is 2. The molecule has 1 heterocycles. The van der Waals surface area contributed by atoms with Crippen LogP contribution in [0.1, 0.15) is 37.0 Å². The maximum Gasteiger partial charge on any atom is 0.255 e. The molecule has 0 saturated heterocycles. The van der Waals surface area contributed by atoms with E-state index in [1.165, 1.54) is 11.1 Å². The van der Waals surface area contributed by atoms with Crippen molar-refractivity contribution in [3.63, 3.8) is 0 Å². The maximum absolute atomic E-state index is 12.7. The number of pyridine rings is 1. The fourth-order valence-electron chi connectivity index (χ4n) is 2.72. The molecule has 0 aliphatic heterocycles. The van der Waals surface area contributed by atoms with Crippen LogP contribution in [-0.2, 0) is 13.1 Å². The lowest BCUT2D eigenvalue weighted by molar-refractivity contribution is 0.653. The van der Waals surface area contributed by atoms with Gasteiger partial charge in [-0.3, -0.25) is 4.79 Å². The lowest BCUT2D eigenvalue weighted by Crippen LogP contribution is -2.28. The first-order valence-corrected chi connectivity index (χ1v) is 8.09. The number of benzene rings is 1. The molecule has 1 N–H and O–H groups in total. The summed E-state index contributed by atoms with van der Waals surface area (Å²) in [6.45, 7) is 10.6. The SMILES string of the molecule is CCCNCc1ccc(-c2cc(C)ccc2C)n(CC)c1=O. The van der Waals surface area contributed by atoms with Crippen LogP contribution in [-0.4, -0.2) is 11.1 Å². The molecule has 0 radical (unpaired) electrons. The molecule has 2 aromatic rings. The number of hydrogen-bond donors (Lipinski definition) is 1. The van der Waals surface area contributed by atoms with E-state index in [0.29, 0.717) is 13.1 Å². The third-order valence-corrected chi connectivity index (χ3v) is 3.98. The van der Waals surface area contributed by atoms with E-state index in [4.69, 9.17) is 0 Å². The Bertz CT molecular complexity index is 701. The van der Waals surface area contributed by atoms with Gasteiger partial charge in [0, 0.05) is 24.2 Å². The highest BCUT2D eigenvalue weighted by molar-refractivity contribution is 5.65. The topological polar surface area (TPSA) is 34.0 Å². The van der Waals surface area contributed by atoms with Gasteiger partial charge in [-0.05, 0) is 51.4 Å². The standard InChI is InChI=1S/C19H26N2O/c1-5-11-20-13-16-9-10-18(21(6-2)19(16)22)17-12-14(3)7-8-15(17)4/h7-10,12,20H,5-6,11,13H2,1-4H3. The summed E-state index contributed by atoms with van der Waals surface area (Å²) < 4.78 is 1.88. The lowest BCUT2D eigenvalue weighted by atomic mass is 10.0. The van der Waals surface area contributed by atoms with E-state index in [0.717, 1.165) is 29.8 Å². The van der Waals surface area contributed by atoms with Crippen molar-refractivity contribution in [2.45, 2.75) is 47.2 Å². The van der Waals surface area contributed by atoms with Gasteiger partial charge in [0.15, 0.2) is 0 Å². The summed E-state index contributed by atoms with van der Waals surface area (Å²) in [6, 6.07) is 10.4. The Morgan fingerprint density at radius 1 is 1.09 bits per heavy atom. The fourth-order valence-corrected chi connectivity index (χ4v) is 2.72. The van der Waals surface area contributed by atoms with E-state index in [2.05, 4.69) is 50.4 Å². The molecule has 3 nitrogen and oxygen atoms in total. The van der Waals surface area contributed by atoms with Crippen LogP contribution < -0.4 is 10.9 Å².